The van der Waals surface area contributed by atoms with E-state index in [-0.39, 0.29) is 23.9 Å². The van der Waals surface area contributed by atoms with Gasteiger partial charge in [-0.05, 0) is 49.7 Å². The van der Waals surface area contributed by atoms with E-state index in [0.29, 0.717) is 11.6 Å². The van der Waals surface area contributed by atoms with Gasteiger partial charge in [0.25, 0.3) is 0 Å². The number of hydrogen-bond donors (Lipinski definition) is 1. The predicted molar refractivity (Wildman–Crippen MR) is 125 cm³/mol. The van der Waals surface area contributed by atoms with Crippen LogP contribution in [0.15, 0.2) is 53.4 Å². The highest BCUT2D eigenvalue weighted by molar-refractivity contribution is 7.89. The second-order valence-electron chi connectivity index (χ2n) is 7.87. The van der Waals surface area contributed by atoms with Crippen molar-refractivity contribution in [3.05, 3.63) is 64.7 Å². The predicted octanol–water partition coefficient (Wildman–Crippen LogP) is 2.68. The maximum Gasteiger partial charge on any atom is 0.243 e. The molecule has 2 aromatic carbocycles. The Morgan fingerprint density at radius 1 is 1.09 bits per heavy atom. The molecule has 0 radical (unpaired) electrons. The van der Waals surface area contributed by atoms with Crippen LogP contribution in [0.4, 0.5) is 0 Å². The number of rotatable bonds is 10. The van der Waals surface area contributed by atoms with Gasteiger partial charge in [0.2, 0.25) is 15.9 Å². The third-order valence-corrected chi connectivity index (χ3v) is 7.39. The van der Waals surface area contributed by atoms with Crippen LogP contribution in [0.25, 0.3) is 0 Å². The summed E-state index contributed by atoms with van der Waals surface area (Å²) in [5.74, 6) is -0.323. The van der Waals surface area contributed by atoms with E-state index in [2.05, 4.69) is 10.2 Å². The summed E-state index contributed by atoms with van der Waals surface area (Å²) in [6, 6.07) is 13.6. The first-order valence-electron chi connectivity index (χ1n) is 10.7. The normalized spacial score (nSPS) is 15.1. The molecule has 0 bridgehead atoms. The Hall–Kier alpha value is -1.97. The SMILES string of the molecule is Cc1ccc(S(=O)(=O)N(CC(=O)NCCCN2CCOCC2)Cc2ccc(Cl)cc2)cc1. The van der Waals surface area contributed by atoms with Gasteiger partial charge >= 0.3 is 0 Å². The van der Waals surface area contributed by atoms with Crippen molar-refractivity contribution in [2.75, 3.05) is 45.9 Å². The first-order valence-corrected chi connectivity index (χ1v) is 12.5. The van der Waals surface area contributed by atoms with Crippen LogP contribution in [0, 0.1) is 6.92 Å². The summed E-state index contributed by atoms with van der Waals surface area (Å²) in [6.07, 6.45) is 0.799. The van der Waals surface area contributed by atoms with E-state index in [0.717, 1.165) is 50.4 Å². The maximum atomic E-state index is 13.3. The number of halogens is 1. The van der Waals surface area contributed by atoms with Crippen molar-refractivity contribution < 1.29 is 17.9 Å². The molecular weight excluding hydrogens is 450 g/mol. The molecule has 1 amide bonds. The molecule has 2 aromatic rings. The number of amides is 1. The van der Waals surface area contributed by atoms with Gasteiger partial charge in [-0.1, -0.05) is 41.4 Å². The Labute approximate surface area is 195 Å². The van der Waals surface area contributed by atoms with Gasteiger partial charge in [0.15, 0.2) is 0 Å². The van der Waals surface area contributed by atoms with E-state index < -0.39 is 10.0 Å². The summed E-state index contributed by atoms with van der Waals surface area (Å²) in [6.45, 7) is 6.37. The molecule has 9 heteroatoms. The fraction of sp³-hybridized carbons (Fsp3) is 0.435. The maximum absolute atomic E-state index is 13.3. The molecule has 1 aliphatic heterocycles. The Kier molecular flexibility index (Phi) is 9.07. The van der Waals surface area contributed by atoms with Gasteiger partial charge in [-0.15, -0.1) is 0 Å². The summed E-state index contributed by atoms with van der Waals surface area (Å²) >= 11 is 5.95. The second-order valence-corrected chi connectivity index (χ2v) is 10.2. The first-order chi connectivity index (χ1) is 15.3. The smallest absolute Gasteiger partial charge is 0.243 e. The lowest BCUT2D eigenvalue weighted by atomic mass is 10.2. The zero-order valence-corrected chi connectivity index (χ0v) is 19.9. The Balaban J connectivity index is 1.64. The van der Waals surface area contributed by atoms with Crippen LogP contribution >= 0.6 is 11.6 Å². The summed E-state index contributed by atoms with van der Waals surface area (Å²) in [4.78, 5) is 15.1. The molecule has 0 saturated carbocycles. The lowest BCUT2D eigenvalue weighted by Gasteiger charge is -2.26. The highest BCUT2D eigenvalue weighted by Crippen LogP contribution is 2.20. The number of ether oxygens (including phenoxy) is 1. The molecule has 1 N–H and O–H groups in total. The summed E-state index contributed by atoms with van der Waals surface area (Å²) in [5, 5.41) is 3.43. The summed E-state index contributed by atoms with van der Waals surface area (Å²) in [7, 11) is -3.85. The molecule has 7 nitrogen and oxygen atoms in total. The van der Waals surface area contributed by atoms with Gasteiger partial charge in [-0.2, -0.15) is 4.31 Å². The van der Waals surface area contributed by atoms with Crippen LogP contribution < -0.4 is 5.32 Å². The molecule has 32 heavy (non-hydrogen) atoms. The Bertz CT molecular complexity index is 975. The second kappa shape index (κ2) is 11.8. The number of carbonyl (C=O) groups is 1. The van der Waals surface area contributed by atoms with E-state index in [1.54, 1.807) is 48.5 Å². The average molecular weight is 480 g/mol. The van der Waals surface area contributed by atoms with Crippen LogP contribution in [-0.4, -0.2) is 69.5 Å². The highest BCUT2D eigenvalue weighted by atomic mass is 35.5. The van der Waals surface area contributed by atoms with E-state index in [1.165, 1.54) is 4.31 Å². The monoisotopic (exact) mass is 479 g/mol. The van der Waals surface area contributed by atoms with E-state index in [4.69, 9.17) is 16.3 Å². The molecule has 1 fully saturated rings. The topological polar surface area (TPSA) is 79.0 Å². The highest BCUT2D eigenvalue weighted by Gasteiger charge is 2.27. The molecule has 1 saturated heterocycles. The average Bonchev–Trinajstić information content (AvgIpc) is 2.79. The number of carbonyl (C=O) groups excluding carboxylic acids is 1. The van der Waals surface area contributed by atoms with Gasteiger partial charge in [0.1, 0.15) is 0 Å². The lowest BCUT2D eigenvalue weighted by molar-refractivity contribution is -0.121. The Morgan fingerprint density at radius 2 is 1.75 bits per heavy atom. The zero-order chi connectivity index (χ0) is 23.0. The number of hydrogen-bond acceptors (Lipinski definition) is 5. The largest absolute Gasteiger partial charge is 0.379 e. The molecule has 0 atom stereocenters. The van der Waals surface area contributed by atoms with Crippen molar-refractivity contribution in [1.29, 1.82) is 0 Å². The van der Waals surface area contributed by atoms with Crippen LogP contribution in [-0.2, 0) is 26.1 Å². The van der Waals surface area contributed by atoms with Gasteiger partial charge in [0, 0.05) is 31.2 Å². The van der Waals surface area contributed by atoms with Crippen LogP contribution in [0.2, 0.25) is 5.02 Å². The van der Waals surface area contributed by atoms with Gasteiger partial charge in [0.05, 0.1) is 24.7 Å². The van der Waals surface area contributed by atoms with Gasteiger partial charge in [-0.3, -0.25) is 9.69 Å². The number of sulfonamides is 1. The van der Waals surface area contributed by atoms with Crippen molar-refractivity contribution in [2.24, 2.45) is 0 Å². The fourth-order valence-corrected chi connectivity index (χ4v) is 4.96. The molecule has 0 aromatic heterocycles. The molecule has 0 aliphatic carbocycles. The van der Waals surface area contributed by atoms with Crippen molar-refractivity contribution >= 4 is 27.5 Å². The molecule has 1 heterocycles. The van der Waals surface area contributed by atoms with Crippen molar-refractivity contribution in [2.45, 2.75) is 24.8 Å². The number of morpholine rings is 1. The molecular formula is C23H30ClN3O4S. The fourth-order valence-electron chi connectivity index (χ4n) is 3.45. The minimum atomic E-state index is -3.85. The third-order valence-electron chi connectivity index (χ3n) is 5.33. The Morgan fingerprint density at radius 3 is 2.41 bits per heavy atom. The van der Waals surface area contributed by atoms with Gasteiger partial charge < -0.3 is 10.1 Å². The third kappa shape index (κ3) is 7.28. The number of nitrogens with zero attached hydrogens (tertiary/aromatic N) is 2. The van der Waals surface area contributed by atoms with Crippen molar-refractivity contribution in [3.63, 3.8) is 0 Å². The van der Waals surface area contributed by atoms with E-state index in [1.807, 2.05) is 6.92 Å². The molecule has 0 unspecified atom stereocenters. The number of aryl methyl sites for hydroxylation is 1. The standard InChI is InChI=1S/C23H30ClN3O4S/c1-19-3-9-22(10-4-19)32(29,30)27(17-20-5-7-21(24)8-6-20)18-23(28)25-11-2-12-26-13-15-31-16-14-26/h3-10H,2,11-18H2,1H3,(H,25,28). The minimum absolute atomic E-state index is 0.0780. The molecule has 3 rings (SSSR count). The van der Waals surface area contributed by atoms with E-state index >= 15 is 0 Å². The summed E-state index contributed by atoms with van der Waals surface area (Å²) < 4.78 is 33.1. The minimum Gasteiger partial charge on any atom is -0.379 e. The van der Waals surface area contributed by atoms with Crippen LogP contribution in [0.5, 0.6) is 0 Å². The molecule has 0 spiro atoms. The van der Waals surface area contributed by atoms with Crippen molar-refractivity contribution in [1.82, 2.24) is 14.5 Å². The summed E-state index contributed by atoms with van der Waals surface area (Å²) in [5.41, 5.74) is 1.72. The van der Waals surface area contributed by atoms with Crippen LogP contribution in [0.1, 0.15) is 17.5 Å². The molecule has 174 valence electrons. The first kappa shape index (κ1) is 24.7. The number of nitrogens with one attached hydrogen (secondary N) is 1. The zero-order valence-electron chi connectivity index (χ0n) is 18.3. The number of benzene rings is 2. The van der Waals surface area contributed by atoms with E-state index in [9.17, 15) is 13.2 Å². The molecule has 1 aliphatic rings. The van der Waals surface area contributed by atoms with Gasteiger partial charge in [-0.25, -0.2) is 8.42 Å². The lowest BCUT2D eigenvalue weighted by Crippen LogP contribution is -2.41. The van der Waals surface area contributed by atoms with Crippen LogP contribution in [0.3, 0.4) is 0 Å². The quantitative estimate of drug-likeness (QED) is 0.530. The van der Waals surface area contributed by atoms with Crippen molar-refractivity contribution in [3.8, 4) is 0 Å².